The van der Waals surface area contributed by atoms with Gasteiger partial charge in [0.1, 0.15) is 6.07 Å². The summed E-state index contributed by atoms with van der Waals surface area (Å²) in [5, 5.41) is 8.70. The van der Waals surface area contributed by atoms with E-state index in [9.17, 15) is 4.79 Å². The van der Waals surface area contributed by atoms with E-state index in [4.69, 9.17) is 5.26 Å². The minimum Gasteiger partial charge on any atom is -0.464 e. The number of esters is 1. The Kier molecular flexibility index (Phi) is 4.13. The van der Waals surface area contributed by atoms with E-state index in [0.29, 0.717) is 10.5 Å². The molecule has 1 aromatic rings. The number of aromatic nitrogens is 1. The topological polar surface area (TPSA) is 63.0 Å². The molecular formula is C10H10N2O2S. The summed E-state index contributed by atoms with van der Waals surface area (Å²) < 4.78 is 4.60. The molecule has 4 nitrogen and oxygen atoms in total. The molecule has 0 saturated heterocycles. The highest BCUT2D eigenvalue weighted by molar-refractivity contribution is 7.99. The van der Waals surface area contributed by atoms with Crippen LogP contribution >= 0.6 is 11.8 Å². The molecule has 0 radical (unpaired) electrons. The van der Waals surface area contributed by atoms with Crippen molar-refractivity contribution < 1.29 is 9.53 Å². The van der Waals surface area contributed by atoms with Crippen molar-refractivity contribution in [1.82, 2.24) is 4.98 Å². The van der Waals surface area contributed by atoms with Gasteiger partial charge in [-0.15, -0.1) is 11.8 Å². The first-order chi connectivity index (χ1) is 7.22. The number of carbonyl (C=O) groups excluding carboxylic acids is 1. The van der Waals surface area contributed by atoms with Crippen LogP contribution < -0.4 is 0 Å². The quantitative estimate of drug-likeness (QED) is 0.577. The zero-order valence-corrected chi connectivity index (χ0v) is 9.30. The Morgan fingerprint density at radius 1 is 1.73 bits per heavy atom. The van der Waals surface area contributed by atoms with Crippen LogP contribution in [0.1, 0.15) is 23.0 Å². The van der Waals surface area contributed by atoms with E-state index >= 15 is 0 Å². The highest BCUT2D eigenvalue weighted by Gasteiger charge is 2.14. The van der Waals surface area contributed by atoms with Crippen LogP contribution in [0, 0.1) is 11.3 Å². The molecule has 78 valence electrons. The van der Waals surface area contributed by atoms with Gasteiger partial charge in [0.25, 0.3) is 0 Å². The second kappa shape index (κ2) is 5.37. The molecule has 0 aliphatic rings. The van der Waals surface area contributed by atoms with Gasteiger partial charge >= 0.3 is 5.97 Å². The fraction of sp³-hybridized carbons (Fsp3) is 0.300. The Labute approximate surface area is 92.3 Å². The Morgan fingerprint density at radius 3 is 3.00 bits per heavy atom. The number of hydrogen-bond acceptors (Lipinski definition) is 5. The Balaban J connectivity index is 3.15. The average molecular weight is 222 g/mol. The zero-order valence-electron chi connectivity index (χ0n) is 8.48. The first-order valence-electron chi connectivity index (χ1n) is 4.34. The molecule has 1 heterocycles. The van der Waals surface area contributed by atoms with Gasteiger partial charge in [-0.2, -0.15) is 5.26 Å². The number of carbonyl (C=O) groups is 1. The molecule has 0 aliphatic heterocycles. The summed E-state index contributed by atoms with van der Waals surface area (Å²) >= 11 is 1.46. The summed E-state index contributed by atoms with van der Waals surface area (Å²) in [6, 6.07) is 3.63. The molecular weight excluding hydrogens is 212 g/mol. The molecule has 0 aliphatic carbocycles. The van der Waals surface area contributed by atoms with Crippen LogP contribution in [0.5, 0.6) is 0 Å². The van der Waals surface area contributed by atoms with Gasteiger partial charge in [0.2, 0.25) is 0 Å². The van der Waals surface area contributed by atoms with Crippen molar-refractivity contribution in [3.05, 3.63) is 23.5 Å². The first kappa shape index (κ1) is 11.5. The number of methoxy groups -OCH3 is 1. The fourth-order valence-electron chi connectivity index (χ4n) is 1.02. The van der Waals surface area contributed by atoms with Crippen LogP contribution in [-0.2, 0) is 4.74 Å². The SMILES string of the molecule is CCSc1cc(C#N)cnc1C(=O)OC. The minimum absolute atomic E-state index is 0.267. The van der Waals surface area contributed by atoms with Crippen LogP contribution in [0.4, 0.5) is 0 Å². The number of nitriles is 1. The maximum atomic E-state index is 11.3. The molecule has 0 aromatic carbocycles. The van der Waals surface area contributed by atoms with Gasteiger partial charge in [0.05, 0.1) is 12.7 Å². The smallest absolute Gasteiger partial charge is 0.357 e. The predicted molar refractivity (Wildman–Crippen MR) is 56.7 cm³/mol. The van der Waals surface area contributed by atoms with Crippen molar-refractivity contribution in [2.75, 3.05) is 12.9 Å². The van der Waals surface area contributed by atoms with Crippen LogP contribution in [0.3, 0.4) is 0 Å². The van der Waals surface area contributed by atoms with E-state index in [2.05, 4.69) is 9.72 Å². The van der Waals surface area contributed by atoms with Gasteiger partial charge in [-0.05, 0) is 11.8 Å². The highest BCUT2D eigenvalue weighted by Crippen LogP contribution is 2.22. The Morgan fingerprint density at radius 2 is 2.47 bits per heavy atom. The van der Waals surface area contributed by atoms with Crippen molar-refractivity contribution in [2.24, 2.45) is 0 Å². The van der Waals surface area contributed by atoms with Gasteiger partial charge < -0.3 is 4.74 Å². The van der Waals surface area contributed by atoms with Crippen LogP contribution in [0.25, 0.3) is 0 Å². The van der Waals surface area contributed by atoms with Gasteiger partial charge in [-0.25, -0.2) is 9.78 Å². The molecule has 0 bridgehead atoms. The van der Waals surface area contributed by atoms with E-state index in [1.54, 1.807) is 6.07 Å². The minimum atomic E-state index is -0.476. The Hall–Kier alpha value is -1.54. The number of nitrogens with zero attached hydrogens (tertiary/aromatic N) is 2. The first-order valence-corrected chi connectivity index (χ1v) is 5.32. The van der Waals surface area contributed by atoms with Gasteiger partial charge in [-0.3, -0.25) is 0 Å². The second-order valence-electron chi connectivity index (χ2n) is 2.61. The van der Waals surface area contributed by atoms with Crippen molar-refractivity contribution >= 4 is 17.7 Å². The molecule has 0 saturated carbocycles. The molecule has 0 spiro atoms. The number of hydrogen-bond donors (Lipinski definition) is 0. The lowest BCUT2D eigenvalue weighted by molar-refractivity contribution is 0.0589. The third-order valence-corrected chi connectivity index (χ3v) is 2.57. The lowest BCUT2D eigenvalue weighted by Gasteiger charge is -2.05. The fourth-order valence-corrected chi connectivity index (χ4v) is 1.82. The lowest BCUT2D eigenvalue weighted by Crippen LogP contribution is -2.06. The van der Waals surface area contributed by atoms with E-state index in [-0.39, 0.29) is 5.69 Å². The maximum Gasteiger partial charge on any atom is 0.357 e. The van der Waals surface area contributed by atoms with E-state index in [1.807, 2.05) is 13.0 Å². The highest BCUT2D eigenvalue weighted by atomic mass is 32.2. The zero-order chi connectivity index (χ0) is 11.3. The molecule has 1 aromatic heterocycles. The molecule has 0 atom stereocenters. The molecule has 0 N–H and O–H groups in total. The monoisotopic (exact) mass is 222 g/mol. The molecule has 0 fully saturated rings. The van der Waals surface area contributed by atoms with Crippen molar-refractivity contribution in [3.8, 4) is 6.07 Å². The van der Waals surface area contributed by atoms with E-state index in [1.165, 1.54) is 25.1 Å². The molecule has 5 heteroatoms. The maximum absolute atomic E-state index is 11.3. The molecule has 1 rings (SSSR count). The lowest BCUT2D eigenvalue weighted by atomic mass is 10.2. The molecule has 15 heavy (non-hydrogen) atoms. The summed E-state index contributed by atoms with van der Waals surface area (Å²) in [4.78, 5) is 15.9. The van der Waals surface area contributed by atoms with Gasteiger partial charge in [0.15, 0.2) is 5.69 Å². The van der Waals surface area contributed by atoms with Crippen molar-refractivity contribution in [1.29, 1.82) is 5.26 Å². The summed E-state index contributed by atoms with van der Waals surface area (Å²) in [5.41, 5.74) is 0.710. The summed E-state index contributed by atoms with van der Waals surface area (Å²) in [6.07, 6.45) is 1.37. The number of ether oxygens (including phenoxy) is 1. The van der Waals surface area contributed by atoms with Gasteiger partial charge in [-0.1, -0.05) is 6.92 Å². The predicted octanol–water partition coefficient (Wildman–Crippen LogP) is 1.85. The average Bonchev–Trinajstić information content (AvgIpc) is 2.28. The number of thioether (sulfide) groups is 1. The van der Waals surface area contributed by atoms with Gasteiger partial charge in [0, 0.05) is 11.1 Å². The van der Waals surface area contributed by atoms with Crippen LogP contribution in [0.15, 0.2) is 17.2 Å². The van der Waals surface area contributed by atoms with E-state index < -0.39 is 5.97 Å². The normalized spacial score (nSPS) is 9.40. The largest absolute Gasteiger partial charge is 0.464 e. The molecule has 0 amide bonds. The summed E-state index contributed by atoms with van der Waals surface area (Å²) in [5.74, 6) is 0.330. The van der Waals surface area contributed by atoms with E-state index in [0.717, 1.165) is 5.75 Å². The van der Waals surface area contributed by atoms with Crippen molar-refractivity contribution in [2.45, 2.75) is 11.8 Å². The van der Waals surface area contributed by atoms with Crippen LogP contribution in [-0.4, -0.2) is 23.8 Å². The Bertz CT molecular complexity index is 412. The second-order valence-corrected chi connectivity index (χ2v) is 3.91. The standard InChI is InChI=1S/C10H10N2O2S/c1-3-15-8-4-7(5-11)6-12-9(8)10(13)14-2/h4,6H,3H2,1-2H3. The number of rotatable bonds is 3. The van der Waals surface area contributed by atoms with Crippen molar-refractivity contribution in [3.63, 3.8) is 0 Å². The third-order valence-electron chi connectivity index (χ3n) is 1.66. The third kappa shape index (κ3) is 2.70. The summed E-state index contributed by atoms with van der Waals surface area (Å²) in [7, 11) is 1.31. The summed E-state index contributed by atoms with van der Waals surface area (Å²) in [6.45, 7) is 1.96. The molecule has 0 unspecified atom stereocenters. The van der Waals surface area contributed by atoms with Crippen LogP contribution in [0.2, 0.25) is 0 Å². The number of pyridine rings is 1.